The van der Waals surface area contributed by atoms with Crippen LogP contribution in [0.4, 0.5) is 0 Å². The Bertz CT molecular complexity index is 891. The predicted molar refractivity (Wildman–Crippen MR) is 107 cm³/mol. The van der Waals surface area contributed by atoms with Crippen molar-refractivity contribution in [3.63, 3.8) is 0 Å². The number of halogens is 1. The molecular weight excluding hydrogens is 416 g/mol. The Hall–Kier alpha value is -1.96. The van der Waals surface area contributed by atoms with Crippen LogP contribution in [0.15, 0.2) is 64.0 Å². The lowest BCUT2D eigenvalue weighted by molar-refractivity contribution is -0.116. The number of nitrogens with one attached hydrogen (secondary N) is 2. The second kappa shape index (κ2) is 9.12. The number of amides is 1. The molecular formula is C19H21BrN2O3S. The van der Waals surface area contributed by atoms with Gasteiger partial charge in [0, 0.05) is 23.1 Å². The number of rotatable bonds is 7. The summed E-state index contributed by atoms with van der Waals surface area (Å²) in [5.41, 5.74) is 1.62. The van der Waals surface area contributed by atoms with Crippen LogP contribution >= 0.6 is 15.9 Å². The van der Waals surface area contributed by atoms with Crippen LogP contribution in [0.2, 0.25) is 0 Å². The quantitative estimate of drug-likeness (QED) is 0.652. The molecule has 0 aliphatic carbocycles. The average molecular weight is 437 g/mol. The van der Waals surface area contributed by atoms with Gasteiger partial charge in [0.1, 0.15) is 0 Å². The lowest BCUT2D eigenvalue weighted by Crippen LogP contribution is -2.30. The molecule has 0 atom stereocenters. The molecule has 0 unspecified atom stereocenters. The molecule has 2 aromatic carbocycles. The van der Waals surface area contributed by atoms with Crippen LogP contribution in [0.3, 0.4) is 0 Å². The molecule has 5 nitrogen and oxygen atoms in total. The van der Waals surface area contributed by atoms with Gasteiger partial charge in [0.15, 0.2) is 0 Å². The minimum absolute atomic E-state index is 0.184. The first kappa shape index (κ1) is 20.4. The van der Waals surface area contributed by atoms with E-state index in [9.17, 15) is 13.2 Å². The molecule has 1 amide bonds. The Morgan fingerprint density at radius 1 is 1.15 bits per heavy atom. The molecule has 2 N–H and O–H groups in total. The van der Waals surface area contributed by atoms with E-state index in [1.54, 1.807) is 38.1 Å². The Kier molecular flexibility index (Phi) is 7.14. The number of carbonyl (C=O) groups excluding carboxylic acids is 1. The maximum atomic E-state index is 12.2. The summed E-state index contributed by atoms with van der Waals surface area (Å²) in [5.74, 6) is -0.249. The molecule has 0 fully saturated rings. The fourth-order valence-corrected chi connectivity index (χ4v) is 3.78. The van der Waals surface area contributed by atoms with Gasteiger partial charge in [-0.15, -0.1) is 0 Å². The van der Waals surface area contributed by atoms with Crippen molar-refractivity contribution in [2.75, 3.05) is 0 Å². The number of sulfonamides is 1. The number of hydrogen-bond donors (Lipinski definition) is 2. The Morgan fingerprint density at radius 2 is 1.85 bits per heavy atom. The summed E-state index contributed by atoms with van der Waals surface area (Å²) in [6.45, 7) is 3.77. The van der Waals surface area contributed by atoms with Gasteiger partial charge in [-0.2, -0.15) is 0 Å². The van der Waals surface area contributed by atoms with E-state index >= 15 is 0 Å². The molecule has 0 saturated carbocycles. The van der Waals surface area contributed by atoms with Gasteiger partial charge in [-0.3, -0.25) is 4.79 Å². The first-order valence-electron chi connectivity index (χ1n) is 8.09. The van der Waals surface area contributed by atoms with E-state index in [-0.39, 0.29) is 23.4 Å². The summed E-state index contributed by atoms with van der Waals surface area (Å²) in [4.78, 5) is 12.1. The highest BCUT2D eigenvalue weighted by Gasteiger charge is 2.15. The zero-order valence-electron chi connectivity index (χ0n) is 14.6. The zero-order valence-corrected chi connectivity index (χ0v) is 17.0. The molecule has 0 saturated heterocycles. The average Bonchev–Trinajstić information content (AvgIpc) is 2.58. The van der Waals surface area contributed by atoms with Gasteiger partial charge < -0.3 is 5.32 Å². The molecule has 7 heteroatoms. The van der Waals surface area contributed by atoms with Gasteiger partial charge in [-0.1, -0.05) is 40.2 Å². The van der Waals surface area contributed by atoms with Crippen molar-refractivity contribution >= 4 is 37.9 Å². The van der Waals surface area contributed by atoms with E-state index in [0.717, 1.165) is 10.0 Å². The van der Waals surface area contributed by atoms with Crippen molar-refractivity contribution in [1.29, 1.82) is 0 Å². The van der Waals surface area contributed by atoms with Crippen LogP contribution in [-0.2, 0) is 21.4 Å². The van der Waals surface area contributed by atoms with E-state index in [4.69, 9.17) is 0 Å². The van der Waals surface area contributed by atoms with Crippen LogP contribution in [0.25, 0.3) is 6.08 Å². The van der Waals surface area contributed by atoms with E-state index < -0.39 is 10.0 Å². The lowest BCUT2D eigenvalue weighted by Gasteiger charge is -2.11. The molecule has 0 aliphatic heterocycles. The fourth-order valence-electron chi connectivity index (χ4n) is 2.19. The van der Waals surface area contributed by atoms with Gasteiger partial charge in [0.2, 0.25) is 15.9 Å². The minimum Gasteiger partial charge on any atom is -0.348 e. The molecule has 0 aliphatic rings. The summed E-state index contributed by atoms with van der Waals surface area (Å²) in [6.07, 6.45) is 3.17. The maximum absolute atomic E-state index is 12.2. The molecule has 0 heterocycles. The third-order valence-electron chi connectivity index (χ3n) is 3.36. The van der Waals surface area contributed by atoms with Crippen LogP contribution in [0.5, 0.6) is 0 Å². The molecule has 0 bridgehead atoms. The highest BCUT2D eigenvalue weighted by atomic mass is 79.9. The van der Waals surface area contributed by atoms with Gasteiger partial charge >= 0.3 is 0 Å². The SMILES string of the molecule is CC(C)NS(=O)(=O)c1cccc(CNC(=O)/C=C/c2ccc(Br)cc2)c1. The first-order valence-corrected chi connectivity index (χ1v) is 10.4. The van der Waals surface area contributed by atoms with Crippen molar-refractivity contribution in [3.8, 4) is 0 Å². The maximum Gasteiger partial charge on any atom is 0.244 e. The Morgan fingerprint density at radius 3 is 2.50 bits per heavy atom. The molecule has 0 spiro atoms. The Labute approximate surface area is 162 Å². The summed E-state index contributed by atoms with van der Waals surface area (Å²) in [7, 11) is -3.55. The highest BCUT2D eigenvalue weighted by Crippen LogP contribution is 2.13. The highest BCUT2D eigenvalue weighted by molar-refractivity contribution is 9.10. The van der Waals surface area contributed by atoms with Crippen LogP contribution in [0, 0.1) is 0 Å². The molecule has 2 rings (SSSR count). The van der Waals surface area contributed by atoms with E-state index in [1.807, 2.05) is 24.3 Å². The van der Waals surface area contributed by atoms with Crippen molar-refractivity contribution in [2.45, 2.75) is 31.3 Å². The fraction of sp³-hybridized carbons (Fsp3) is 0.211. The number of benzene rings is 2. The molecule has 0 aromatic heterocycles. The van der Waals surface area contributed by atoms with E-state index in [2.05, 4.69) is 26.0 Å². The first-order chi connectivity index (χ1) is 12.3. The second-order valence-corrected chi connectivity index (χ2v) is 8.66. The van der Waals surface area contributed by atoms with Crippen molar-refractivity contribution < 1.29 is 13.2 Å². The smallest absolute Gasteiger partial charge is 0.244 e. The topological polar surface area (TPSA) is 75.3 Å². The van der Waals surface area contributed by atoms with E-state index in [1.165, 1.54) is 12.1 Å². The summed E-state index contributed by atoms with van der Waals surface area (Å²) in [5, 5.41) is 2.75. The van der Waals surface area contributed by atoms with Gasteiger partial charge in [0.05, 0.1) is 4.90 Å². The summed E-state index contributed by atoms with van der Waals surface area (Å²) < 4.78 is 27.9. The standard InChI is InChI=1S/C19H21BrN2O3S/c1-14(2)22-26(24,25)18-5-3-4-16(12-18)13-21-19(23)11-8-15-6-9-17(20)10-7-15/h3-12,14,22H,13H2,1-2H3,(H,21,23)/b11-8+. The van der Waals surface area contributed by atoms with Crippen molar-refractivity contribution in [3.05, 3.63) is 70.2 Å². The normalized spacial score (nSPS) is 11.8. The van der Waals surface area contributed by atoms with Crippen molar-refractivity contribution in [2.24, 2.45) is 0 Å². The molecule has 2 aromatic rings. The van der Waals surface area contributed by atoms with Crippen LogP contribution < -0.4 is 10.0 Å². The number of carbonyl (C=O) groups is 1. The van der Waals surface area contributed by atoms with E-state index in [0.29, 0.717) is 5.56 Å². The third kappa shape index (κ3) is 6.40. The monoisotopic (exact) mass is 436 g/mol. The van der Waals surface area contributed by atoms with Crippen molar-refractivity contribution in [1.82, 2.24) is 10.0 Å². The van der Waals surface area contributed by atoms with Crippen LogP contribution in [0.1, 0.15) is 25.0 Å². The molecule has 26 heavy (non-hydrogen) atoms. The molecule has 138 valence electrons. The minimum atomic E-state index is -3.55. The zero-order chi connectivity index (χ0) is 19.2. The van der Waals surface area contributed by atoms with Gasteiger partial charge in [0.25, 0.3) is 0 Å². The Balaban J connectivity index is 1.98. The van der Waals surface area contributed by atoms with Gasteiger partial charge in [-0.25, -0.2) is 13.1 Å². The second-order valence-electron chi connectivity index (χ2n) is 6.03. The lowest BCUT2D eigenvalue weighted by atomic mass is 10.2. The van der Waals surface area contributed by atoms with Crippen LogP contribution in [-0.4, -0.2) is 20.4 Å². The molecule has 0 radical (unpaired) electrons. The summed E-state index contributed by atoms with van der Waals surface area (Å²) >= 11 is 3.36. The number of hydrogen-bond acceptors (Lipinski definition) is 3. The summed E-state index contributed by atoms with van der Waals surface area (Å²) in [6, 6.07) is 13.9. The predicted octanol–water partition coefficient (Wildman–Crippen LogP) is 3.47. The van der Waals surface area contributed by atoms with Gasteiger partial charge in [-0.05, 0) is 55.3 Å². The third-order valence-corrected chi connectivity index (χ3v) is 5.55. The largest absolute Gasteiger partial charge is 0.348 e.